The zero-order valence-electron chi connectivity index (χ0n) is 9.59. The molecule has 0 atom stereocenters. The minimum atomic E-state index is -3.22. The number of sulfone groups is 1. The second-order valence-electron chi connectivity index (χ2n) is 4.47. The molecular formula is C12H17NO3S. The summed E-state index contributed by atoms with van der Waals surface area (Å²) in [5.74, 6) is 0.542. The number of hydrogen-bond donors (Lipinski definition) is 2. The monoisotopic (exact) mass is 255 g/mol. The highest BCUT2D eigenvalue weighted by Crippen LogP contribution is 2.21. The molecule has 0 amide bonds. The Bertz CT molecular complexity index is 461. The van der Waals surface area contributed by atoms with Crippen LogP contribution in [0.25, 0.3) is 0 Å². The van der Waals surface area contributed by atoms with E-state index >= 15 is 0 Å². The van der Waals surface area contributed by atoms with Gasteiger partial charge in [-0.25, -0.2) is 8.42 Å². The average Bonchev–Trinajstić information content (AvgIpc) is 2.30. The minimum absolute atomic E-state index is 0.0887. The van der Waals surface area contributed by atoms with Crippen LogP contribution in [0, 0.1) is 5.92 Å². The molecule has 2 N–H and O–H groups in total. The number of rotatable bonds is 3. The van der Waals surface area contributed by atoms with Crippen LogP contribution in [0.4, 0.5) is 0 Å². The van der Waals surface area contributed by atoms with E-state index in [9.17, 15) is 8.42 Å². The van der Waals surface area contributed by atoms with Gasteiger partial charge in [-0.3, -0.25) is 0 Å². The number of aromatic hydroxyl groups is 1. The van der Waals surface area contributed by atoms with Crippen molar-refractivity contribution in [2.45, 2.75) is 17.7 Å². The zero-order chi connectivity index (χ0) is 12.3. The molecule has 1 heterocycles. The van der Waals surface area contributed by atoms with Crippen molar-refractivity contribution >= 4 is 9.84 Å². The van der Waals surface area contributed by atoms with Crippen LogP contribution in [0.3, 0.4) is 0 Å². The summed E-state index contributed by atoms with van der Waals surface area (Å²) in [6.45, 7) is 1.80. The fourth-order valence-corrected chi connectivity index (χ4v) is 3.81. The van der Waals surface area contributed by atoms with Gasteiger partial charge >= 0.3 is 0 Å². The first-order chi connectivity index (χ1) is 8.08. The Labute approximate surface area is 102 Å². The summed E-state index contributed by atoms with van der Waals surface area (Å²) in [6.07, 6.45) is 1.83. The Balaban J connectivity index is 2.10. The third kappa shape index (κ3) is 3.20. The molecule has 0 aromatic heterocycles. The summed E-state index contributed by atoms with van der Waals surface area (Å²) < 4.78 is 24.2. The van der Waals surface area contributed by atoms with Crippen LogP contribution in [0.5, 0.6) is 5.75 Å². The molecule has 1 aromatic carbocycles. The van der Waals surface area contributed by atoms with Crippen LogP contribution < -0.4 is 5.32 Å². The van der Waals surface area contributed by atoms with Crippen LogP contribution in [0.15, 0.2) is 29.2 Å². The van der Waals surface area contributed by atoms with Crippen LogP contribution in [-0.2, 0) is 9.84 Å². The molecular weight excluding hydrogens is 238 g/mol. The van der Waals surface area contributed by atoms with Crippen molar-refractivity contribution in [2.24, 2.45) is 5.92 Å². The van der Waals surface area contributed by atoms with Gasteiger partial charge in [-0.1, -0.05) is 0 Å². The predicted octanol–water partition coefficient (Wildman–Crippen LogP) is 1.17. The van der Waals surface area contributed by atoms with Crippen molar-refractivity contribution < 1.29 is 13.5 Å². The molecule has 1 aliphatic rings. The number of hydrogen-bond acceptors (Lipinski definition) is 4. The molecule has 0 radical (unpaired) electrons. The smallest absolute Gasteiger partial charge is 0.178 e. The van der Waals surface area contributed by atoms with Crippen molar-refractivity contribution in [1.82, 2.24) is 5.32 Å². The first-order valence-electron chi connectivity index (χ1n) is 5.80. The average molecular weight is 255 g/mol. The van der Waals surface area contributed by atoms with E-state index in [1.165, 1.54) is 24.3 Å². The van der Waals surface area contributed by atoms with Crippen LogP contribution in [-0.4, -0.2) is 32.4 Å². The molecule has 1 fully saturated rings. The summed E-state index contributed by atoms with van der Waals surface area (Å²) in [6, 6.07) is 5.75. The molecule has 17 heavy (non-hydrogen) atoms. The third-order valence-corrected chi connectivity index (χ3v) is 5.01. The lowest BCUT2D eigenvalue weighted by Gasteiger charge is -2.22. The summed E-state index contributed by atoms with van der Waals surface area (Å²) in [7, 11) is -3.22. The Kier molecular flexibility index (Phi) is 3.69. The van der Waals surface area contributed by atoms with E-state index in [0.29, 0.717) is 4.90 Å². The summed E-state index contributed by atoms with van der Waals surface area (Å²) in [4.78, 5) is 0.300. The van der Waals surface area contributed by atoms with Gasteiger partial charge in [-0.15, -0.1) is 0 Å². The Morgan fingerprint density at radius 3 is 2.35 bits per heavy atom. The molecule has 0 aliphatic carbocycles. The predicted molar refractivity (Wildman–Crippen MR) is 65.8 cm³/mol. The van der Waals surface area contributed by atoms with Crippen LogP contribution >= 0.6 is 0 Å². The topological polar surface area (TPSA) is 66.4 Å². The number of piperidine rings is 1. The normalized spacial score (nSPS) is 18.1. The molecule has 0 saturated carbocycles. The highest BCUT2D eigenvalue weighted by Gasteiger charge is 2.22. The molecule has 0 spiro atoms. The molecule has 1 saturated heterocycles. The Hall–Kier alpha value is -1.07. The highest BCUT2D eigenvalue weighted by atomic mass is 32.2. The van der Waals surface area contributed by atoms with Crippen LogP contribution in [0.1, 0.15) is 12.8 Å². The second-order valence-corrected chi connectivity index (χ2v) is 6.50. The second kappa shape index (κ2) is 5.06. The summed E-state index contributed by atoms with van der Waals surface area (Å²) in [5, 5.41) is 12.4. The number of phenolic OH excluding ortho intramolecular Hbond substituents is 1. The largest absolute Gasteiger partial charge is 0.508 e. The van der Waals surface area contributed by atoms with Gasteiger partial charge in [0.05, 0.1) is 10.6 Å². The third-order valence-electron chi connectivity index (χ3n) is 3.11. The van der Waals surface area contributed by atoms with Crippen molar-refractivity contribution in [3.8, 4) is 5.75 Å². The lowest BCUT2D eigenvalue weighted by atomic mass is 10.0. The highest BCUT2D eigenvalue weighted by molar-refractivity contribution is 7.91. The van der Waals surface area contributed by atoms with E-state index in [2.05, 4.69) is 5.32 Å². The van der Waals surface area contributed by atoms with E-state index in [-0.39, 0.29) is 17.4 Å². The molecule has 0 bridgehead atoms. The fourth-order valence-electron chi connectivity index (χ4n) is 2.11. The van der Waals surface area contributed by atoms with Gasteiger partial charge in [-0.05, 0) is 56.1 Å². The first kappa shape index (κ1) is 12.4. The summed E-state index contributed by atoms with van der Waals surface area (Å²) >= 11 is 0. The van der Waals surface area contributed by atoms with E-state index in [0.717, 1.165) is 25.9 Å². The van der Waals surface area contributed by atoms with Crippen molar-refractivity contribution in [1.29, 1.82) is 0 Å². The molecule has 94 valence electrons. The maximum absolute atomic E-state index is 12.1. The minimum Gasteiger partial charge on any atom is -0.508 e. The molecule has 0 unspecified atom stereocenters. The number of phenols is 1. The molecule has 4 nitrogen and oxygen atoms in total. The zero-order valence-corrected chi connectivity index (χ0v) is 10.4. The van der Waals surface area contributed by atoms with Gasteiger partial charge in [-0.2, -0.15) is 0 Å². The van der Waals surface area contributed by atoms with Gasteiger partial charge in [0, 0.05) is 0 Å². The van der Waals surface area contributed by atoms with Crippen molar-refractivity contribution in [2.75, 3.05) is 18.8 Å². The standard InChI is InChI=1S/C12H17NO3S/c14-11-1-3-12(4-2-11)17(15,16)9-10-5-7-13-8-6-10/h1-4,10,13-14H,5-9H2. The fraction of sp³-hybridized carbons (Fsp3) is 0.500. The van der Waals surface area contributed by atoms with Gasteiger partial charge in [0.1, 0.15) is 5.75 Å². The van der Waals surface area contributed by atoms with E-state index < -0.39 is 9.84 Å². The van der Waals surface area contributed by atoms with E-state index in [4.69, 9.17) is 5.11 Å². The Morgan fingerprint density at radius 2 is 1.76 bits per heavy atom. The van der Waals surface area contributed by atoms with Crippen molar-refractivity contribution in [3.63, 3.8) is 0 Å². The van der Waals surface area contributed by atoms with Crippen LogP contribution in [0.2, 0.25) is 0 Å². The lowest BCUT2D eigenvalue weighted by molar-refractivity contribution is 0.401. The van der Waals surface area contributed by atoms with Gasteiger partial charge in [0.2, 0.25) is 0 Å². The maximum Gasteiger partial charge on any atom is 0.178 e. The molecule has 1 aliphatic heterocycles. The SMILES string of the molecule is O=S(=O)(CC1CCNCC1)c1ccc(O)cc1. The summed E-state index contributed by atoms with van der Waals surface area (Å²) in [5.41, 5.74) is 0. The van der Waals surface area contributed by atoms with Gasteiger partial charge in [0.25, 0.3) is 0 Å². The quantitative estimate of drug-likeness (QED) is 0.850. The van der Waals surface area contributed by atoms with E-state index in [1.54, 1.807) is 0 Å². The molecule has 1 aromatic rings. The van der Waals surface area contributed by atoms with Gasteiger partial charge in [0.15, 0.2) is 9.84 Å². The number of benzene rings is 1. The van der Waals surface area contributed by atoms with Crippen molar-refractivity contribution in [3.05, 3.63) is 24.3 Å². The van der Waals surface area contributed by atoms with E-state index in [1.807, 2.05) is 0 Å². The Morgan fingerprint density at radius 1 is 1.18 bits per heavy atom. The molecule has 5 heteroatoms. The number of nitrogens with one attached hydrogen (secondary N) is 1. The first-order valence-corrected chi connectivity index (χ1v) is 7.46. The van der Waals surface area contributed by atoms with Gasteiger partial charge < -0.3 is 10.4 Å². The molecule has 2 rings (SSSR count). The lowest BCUT2D eigenvalue weighted by Crippen LogP contribution is -2.31. The maximum atomic E-state index is 12.1.